The van der Waals surface area contributed by atoms with Gasteiger partial charge in [0.2, 0.25) is 0 Å². The zero-order valence-corrected chi connectivity index (χ0v) is 8.70. The average Bonchev–Trinajstić information content (AvgIpc) is 2.16. The number of benzene rings is 1. The van der Waals surface area contributed by atoms with E-state index in [9.17, 15) is 0 Å². The number of hydrogen-bond acceptors (Lipinski definition) is 2. The molecular weight excluding hydrogens is 176 g/mol. The van der Waals surface area contributed by atoms with Crippen LogP contribution in [0.15, 0.2) is 30.7 Å². The van der Waals surface area contributed by atoms with Crippen LogP contribution in [-0.4, -0.2) is 0 Å². The largest absolute Gasteiger partial charge is 0.458 e. The third-order valence-electron chi connectivity index (χ3n) is 2.26. The average molecular weight is 190 g/mol. The summed E-state index contributed by atoms with van der Waals surface area (Å²) in [6.45, 7) is 6.52. The molecule has 1 aliphatic rings. The Balaban J connectivity index is 2.41. The van der Waals surface area contributed by atoms with Gasteiger partial charge in [0.15, 0.2) is 11.5 Å². The molecule has 0 unspecified atom stereocenters. The van der Waals surface area contributed by atoms with Gasteiger partial charge < -0.3 is 9.47 Å². The Morgan fingerprint density at radius 3 is 2.21 bits per heavy atom. The van der Waals surface area contributed by atoms with E-state index < -0.39 is 0 Å². The number of fused-ring (bicyclic) bond motifs is 1. The normalized spacial score (nSPS) is 14.2. The molecule has 0 amide bonds. The Kier molecular flexibility index (Phi) is 1.99. The fraction of sp³-hybridized carbons (Fsp3) is 0.333. The van der Waals surface area contributed by atoms with Crippen molar-refractivity contribution >= 4 is 0 Å². The second-order valence-electron chi connectivity index (χ2n) is 4.42. The lowest BCUT2D eigenvalue weighted by Crippen LogP contribution is -2.11. The van der Waals surface area contributed by atoms with Crippen LogP contribution in [0.25, 0.3) is 0 Å². The van der Waals surface area contributed by atoms with Crippen molar-refractivity contribution in [1.29, 1.82) is 0 Å². The Morgan fingerprint density at radius 1 is 0.929 bits per heavy atom. The van der Waals surface area contributed by atoms with Gasteiger partial charge in [0, 0.05) is 0 Å². The number of rotatable bonds is 0. The summed E-state index contributed by atoms with van der Waals surface area (Å²) in [6.07, 6.45) is 3.09. The predicted molar refractivity (Wildman–Crippen MR) is 55.5 cm³/mol. The van der Waals surface area contributed by atoms with Gasteiger partial charge in [-0.2, -0.15) is 0 Å². The van der Waals surface area contributed by atoms with E-state index in [0.717, 1.165) is 11.5 Å². The van der Waals surface area contributed by atoms with Crippen LogP contribution in [0.3, 0.4) is 0 Å². The summed E-state index contributed by atoms with van der Waals surface area (Å²) in [5.41, 5.74) is 1.38. The Morgan fingerprint density at radius 2 is 1.57 bits per heavy atom. The van der Waals surface area contributed by atoms with Crippen LogP contribution in [-0.2, 0) is 5.41 Å². The molecule has 0 saturated heterocycles. The van der Waals surface area contributed by atoms with Crippen LogP contribution in [0.5, 0.6) is 11.5 Å². The lowest BCUT2D eigenvalue weighted by molar-refractivity contribution is 0.360. The Labute approximate surface area is 84.2 Å². The van der Waals surface area contributed by atoms with E-state index in [2.05, 4.69) is 26.8 Å². The van der Waals surface area contributed by atoms with Gasteiger partial charge in [-0.1, -0.05) is 26.8 Å². The lowest BCUT2D eigenvalue weighted by atomic mass is 9.87. The van der Waals surface area contributed by atoms with Gasteiger partial charge in [-0.15, -0.1) is 0 Å². The maximum atomic E-state index is 5.35. The molecule has 0 bridgehead atoms. The first-order valence-corrected chi connectivity index (χ1v) is 4.70. The molecule has 2 heteroatoms. The highest BCUT2D eigenvalue weighted by molar-refractivity contribution is 5.46. The minimum absolute atomic E-state index is 0.138. The molecular formula is C12H14O2. The summed E-state index contributed by atoms with van der Waals surface area (Å²) in [6, 6.07) is 6.04. The minimum atomic E-state index is 0.138. The summed E-state index contributed by atoms with van der Waals surface area (Å²) < 4.78 is 10.6. The second-order valence-corrected chi connectivity index (χ2v) is 4.42. The third kappa shape index (κ3) is 1.60. The van der Waals surface area contributed by atoms with Gasteiger partial charge in [-0.25, -0.2) is 0 Å². The zero-order valence-electron chi connectivity index (χ0n) is 8.70. The van der Waals surface area contributed by atoms with Crippen molar-refractivity contribution in [2.75, 3.05) is 0 Å². The molecule has 0 spiro atoms. The molecule has 0 radical (unpaired) electrons. The van der Waals surface area contributed by atoms with E-state index in [1.165, 1.54) is 5.56 Å². The predicted octanol–water partition coefficient (Wildman–Crippen LogP) is 3.23. The SMILES string of the molecule is CC(C)(C)c1ccc2c(c1)OC=CO2. The van der Waals surface area contributed by atoms with Crippen LogP contribution in [0.2, 0.25) is 0 Å². The first kappa shape index (κ1) is 9.13. The molecule has 0 aromatic heterocycles. The van der Waals surface area contributed by atoms with Crippen molar-refractivity contribution in [1.82, 2.24) is 0 Å². The summed E-state index contributed by atoms with van der Waals surface area (Å²) in [4.78, 5) is 0. The van der Waals surface area contributed by atoms with Crippen molar-refractivity contribution in [2.45, 2.75) is 26.2 Å². The highest BCUT2D eigenvalue weighted by Crippen LogP contribution is 2.34. The fourth-order valence-corrected chi connectivity index (χ4v) is 1.37. The van der Waals surface area contributed by atoms with Crippen molar-refractivity contribution < 1.29 is 9.47 Å². The van der Waals surface area contributed by atoms with E-state index in [1.807, 2.05) is 12.1 Å². The van der Waals surface area contributed by atoms with E-state index in [-0.39, 0.29) is 5.41 Å². The third-order valence-corrected chi connectivity index (χ3v) is 2.26. The van der Waals surface area contributed by atoms with Gasteiger partial charge in [-0.3, -0.25) is 0 Å². The van der Waals surface area contributed by atoms with E-state index in [4.69, 9.17) is 9.47 Å². The smallest absolute Gasteiger partial charge is 0.169 e. The monoisotopic (exact) mass is 190 g/mol. The Bertz CT molecular complexity index is 372. The first-order chi connectivity index (χ1) is 6.57. The second kappa shape index (κ2) is 3.05. The Hall–Kier alpha value is -1.44. The van der Waals surface area contributed by atoms with Crippen molar-refractivity contribution in [3.05, 3.63) is 36.3 Å². The van der Waals surface area contributed by atoms with Crippen molar-refractivity contribution in [3.63, 3.8) is 0 Å². The highest BCUT2D eigenvalue weighted by Gasteiger charge is 2.17. The summed E-state index contributed by atoms with van der Waals surface area (Å²) in [5, 5.41) is 0. The fourth-order valence-electron chi connectivity index (χ4n) is 1.37. The number of hydrogen-bond donors (Lipinski definition) is 0. The summed E-state index contributed by atoms with van der Waals surface area (Å²) in [7, 11) is 0. The van der Waals surface area contributed by atoms with Crippen LogP contribution < -0.4 is 9.47 Å². The molecule has 14 heavy (non-hydrogen) atoms. The quantitative estimate of drug-likeness (QED) is 0.625. The molecule has 0 atom stereocenters. The highest BCUT2D eigenvalue weighted by atomic mass is 16.5. The van der Waals surface area contributed by atoms with E-state index in [1.54, 1.807) is 12.5 Å². The van der Waals surface area contributed by atoms with Gasteiger partial charge in [-0.05, 0) is 23.1 Å². The van der Waals surface area contributed by atoms with Crippen LogP contribution in [0.1, 0.15) is 26.3 Å². The maximum absolute atomic E-state index is 5.35. The van der Waals surface area contributed by atoms with E-state index >= 15 is 0 Å². The molecule has 1 aromatic rings. The van der Waals surface area contributed by atoms with E-state index in [0.29, 0.717) is 0 Å². The molecule has 2 nitrogen and oxygen atoms in total. The molecule has 1 aromatic carbocycles. The lowest BCUT2D eigenvalue weighted by Gasteiger charge is -2.21. The number of ether oxygens (including phenoxy) is 2. The minimum Gasteiger partial charge on any atom is -0.458 e. The van der Waals surface area contributed by atoms with Gasteiger partial charge in [0.1, 0.15) is 12.5 Å². The molecule has 0 N–H and O–H groups in total. The van der Waals surface area contributed by atoms with Crippen molar-refractivity contribution in [3.8, 4) is 11.5 Å². The topological polar surface area (TPSA) is 18.5 Å². The summed E-state index contributed by atoms with van der Waals surface area (Å²) in [5.74, 6) is 1.57. The van der Waals surface area contributed by atoms with Crippen molar-refractivity contribution in [2.24, 2.45) is 0 Å². The molecule has 0 saturated carbocycles. The molecule has 0 fully saturated rings. The van der Waals surface area contributed by atoms with Crippen LogP contribution >= 0.6 is 0 Å². The summed E-state index contributed by atoms with van der Waals surface area (Å²) >= 11 is 0. The van der Waals surface area contributed by atoms with Gasteiger partial charge in [0.25, 0.3) is 0 Å². The molecule has 1 aliphatic heterocycles. The molecule has 74 valence electrons. The maximum Gasteiger partial charge on any atom is 0.169 e. The van der Waals surface area contributed by atoms with Gasteiger partial charge >= 0.3 is 0 Å². The molecule has 2 rings (SSSR count). The van der Waals surface area contributed by atoms with Crippen LogP contribution in [0, 0.1) is 0 Å². The standard InChI is InChI=1S/C12H14O2/c1-12(2,3)9-4-5-10-11(8-9)14-7-6-13-10/h4-8H,1-3H3. The molecule has 1 heterocycles. The first-order valence-electron chi connectivity index (χ1n) is 4.70. The zero-order chi connectivity index (χ0) is 10.2. The van der Waals surface area contributed by atoms with Crippen LogP contribution in [0.4, 0.5) is 0 Å². The van der Waals surface area contributed by atoms with Gasteiger partial charge in [0.05, 0.1) is 0 Å². The molecule has 0 aliphatic carbocycles.